The van der Waals surface area contributed by atoms with Gasteiger partial charge in [0.15, 0.2) is 5.75 Å². The lowest BCUT2D eigenvalue weighted by Crippen LogP contribution is -2.54. The summed E-state index contributed by atoms with van der Waals surface area (Å²) in [5, 5.41) is 12.6. The molecule has 0 bridgehead atoms. The van der Waals surface area contributed by atoms with E-state index in [2.05, 4.69) is 20.4 Å². The van der Waals surface area contributed by atoms with E-state index in [1.807, 2.05) is 36.4 Å². The lowest BCUT2D eigenvalue weighted by atomic mass is 10.00. The molecule has 2 aromatic heterocycles. The van der Waals surface area contributed by atoms with Crippen molar-refractivity contribution >= 4 is 49.6 Å². The zero-order valence-corrected chi connectivity index (χ0v) is 22.7. The van der Waals surface area contributed by atoms with E-state index in [1.165, 1.54) is 17.4 Å². The number of nitrogens with zero attached hydrogens (tertiary/aromatic N) is 2. The number of alkyl halides is 3. The van der Waals surface area contributed by atoms with Crippen molar-refractivity contribution in [1.82, 2.24) is 15.1 Å². The van der Waals surface area contributed by atoms with Gasteiger partial charge in [-0.1, -0.05) is 17.7 Å². The van der Waals surface area contributed by atoms with Crippen LogP contribution in [0.3, 0.4) is 0 Å². The van der Waals surface area contributed by atoms with Gasteiger partial charge >= 0.3 is 0 Å². The number of hydrogen-bond acceptors (Lipinski definition) is 5. The zero-order chi connectivity index (χ0) is 27.1. The van der Waals surface area contributed by atoms with Crippen LogP contribution >= 0.6 is 22.9 Å². The topological polar surface area (TPSA) is 53.2 Å². The molecule has 1 fully saturated rings. The molecule has 0 unspecified atom stereocenters. The van der Waals surface area contributed by atoms with Gasteiger partial charge in [0.25, 0.3) is 5.92 Å². The second-order valence-corrected chi connectivity index (χ2v) is 11.3. The Balaban J connectivity index is 1.34. The Labute approximate surface area is 232 Å². The molecule has 0 spiro atoms. The highest BCUT2D eigenvalue weighted by molar-refractivity contribution is 7.23. The van der Waals surface area contributed by atoms with Gasteiger partial charge in [0, 0.05) is 63.9 Å². The first-order valence-corrected chi connectivity index (χ1v) is 13.9. The summed E-state index contributed by atoms with van der Waals surface area (Å²) in [7, 11) is 0. The minimum absolute atomic E-state index is 0.157. The van der Waals surface area contributed by atoms with Crippen molar-refractivity contribution in [3.8, 4) is 21.9 Å². The number of H-pyrrole nitrogens is 1. The molecule has 5 nitrogen and oxygen atoms in total. The minimum atomic E-state index is -3.10. The molecule has 1 saturated heterocycles. The number of anilines is 1. The van der Waals surface area contributed by atoms with E-state index in [0.717, 1.165) is 53.2 Å². The fraction of sp³-hybridized carbons (Fsp3) is 0.276. The molecule has 0 aliphatic carbocycles. The minimum Gasteiger partial charge on any atom is -0.455 e. The zero-order valence-electron chi connectivity index (χ0n) is 21.1. The van der Waals surface area contributed by atoms with Crippen molar-refractivity contribution in [2.24, 2.45) is 0 Å². The molecule has 2 N–H and O–H groups in total. The highest BCUT2D eigenvalue weighted by Crippen LogP contribution is 2.51. The molecular weight excluding hydrogens is 545 g/mol. The number of rotatable bonds is 9. The number of ether oxygens (including phenoxy) is 1. The van der Waals surface area contributed by atoms with Gasteiger partial charge < -0.3 is 10.1 Å². The molecule has 0 saturated carbocycles. The van der Waals surface area contributed by atoms with Crippen LogP contribution in [-0.4, -0.2) is 47.4 Å². The maximum Gasteiger partial charge on any atom is 0.271 e. The summed E-state index contributed by atoms with van der Waals surface area (Å²) in [5.41, 5.74) is 2.03. The van der Waals surface area contributed by atoms with E-state index in [4.69, 9.17) is 16.3 Å². The molecule has 202 valence electrons. The maximum atomic E-state index is 14.7. The van der Waals surface area contributed by atoms with Crippen LogP contribution in [0.5, 0.6) is 11.5 Å². The van der Waals surface area contributed by atoms with E-state index in [-0.39, 0.29) is 17.3 Å². The van der Waals surface area contributed by atoms with Crippen LogP contribution in [-0.2, 0) is 5.92 Å². The number of fused-ring (bicyclic) bond motifs is 3. The summed E-state index contributed by atoms with van der Waals surface area (Å²) in [4.78, 5) is 2.82. The molecule has 0 amide bonds. The largest absolute Gasteiger partial charge is 0.455 e. The Hall–Kier alpha value is -3.27. The first kappa shape index (κ1) is 26.0. The van der Waals surface area contributed by atoms with Crippen molar-refractivity contribution in [3.05, 3.63) is 71.4 Å². The molecule has 1 aliphatic heterocycles. The molecule has 1 aliphatic rings. The van der Waals surface area contributed by atoms with Crippen molar-refractivity contribution in [3.63, 3.8) is 0 Å². The van der Waals surface area contributed by atoms with Crippen molar-refractivity contribution in [1.29, 1.82) is 0 Å². The van der Waals surface area contributed by atoms with Crippen LogP contribution in [0.4, 0.5) is 18.9 Å². The van der Waals surface area contributed by atoms with Gasteiger partial charge in [-0.05, 0) is 55.0 Å². The van der Waals surface area contributed by atoms with Crippen LogP contribution in [0.1, 0.15) is 18.9 Å². The Morgan fingerprint density at radius 3 is 2.67 bits per heavy atom. The molecule has 0 radical (unpaired) electrons. The van der Waals surface area contributed by atoms with Gasteiger partial charge in [0.05, 0.1) is 29.3 Å². The molecule has 3 heterocycles. The van der Waals surface area contributed by atoms with Crippen LogP contribution in [0.25, 0.3) is 31.4 Å². The van der Waals surface area contributed by atoms with E-state index < -0.39 is 5.92 Å². The number of benzene rings is 3. The number of halogens is 4. The van der Waals surface area contributed by atoms with Gasteiger partial charge in [-0.3, -0.25) is 14.4 Å². The fourth-order valence-corrected chi connectivity index (χ4v) is 6.46. The number of nitrogens with one attached hydrogen (secondary N) is 2. The maximum absolute atomic E-state index is 14.7. The van der Waals surface area contributed by atoms with Crippen molar-refractivity contribution in [2.75, 3.05) is 31.6 Å². The van der Waals surface area contributed by atoms with E-state index in [0.29, 0.717) is 34.4 Å². The molecule has 3 aromatic carbocycles. The monoisotopic (exact) mass is 570 g/mol. The molecular formula is C29H26ClF3N4OS. The Morgan fingerprint density at radius 2 is 1.92 bits per heavy atom. The normalized spacial score (nSPS) is 14.7. The van der Waals surface area contributed by atoms with Crippen molar-refractivity contribution in [2.45, 2.75) is 25.3 Å². The second-order valence-electron chi connectivity index (χ2n) is 9.88. The van der Waals surface area contributed by atoms with Gasteiger partial charge in [-0.15, -0.1) is 11.3 Å². The summed E-state index contributed by atoms with van der Waals surface area (Å²) >= 11 is 7.51. The average Bonchev–Trinajstić information content (AvgIpc) is 3.50. The van der Waals surface area contributed by atoms with Crippen LogP contribution < -0.4 is 10.1 Å². The Bertz CT molecular complexity index is 1620. The summed E-state index contributed by atoms with van der Waals surface area (Å²) in [6.07, 6.45) is 2.30. The second kappa shape index (κ2) is 10.4. The average molecular weight is 571 g/mol. The third-order valence-corrected chi connectivity index (χ3v) is 8.43. The Morgan fingerprint density at radius 1 is 1.13 bits per heavy atom. The third kappa shape index (κ3) is 5.18. The van der Waals surface area contributed by atoms with Gasteiger partial charge in [0.2, 0.25) is 0 Å². The quantitative estimate of drug-likeness (QED) is 0.187. The summed E-state index contributed by atoms with van der Waals surface area (Å²) in [6.45, 7) is 3.14. The number of aromatic amines is 1. The highest BCUT2D eigenvalue weighted by atomic mass is 35.5. The molecule has 10 heteroatoms. The van der Waals surface area contributed by atoms with Gasteiger partial charge in [-0.25, -0.2) is 8.78 Å². The van der Waals surface area contributed by atoms with Crippen molar-refractivity contribution < 1.29 is 17.9 Å². The predicted octanol–water partition coefficient (Wildman–Crippen LogP) is 8.46. The lowest BCUT2D eigenvalue weighted by molar-refractivity contribution is 0.0181. The SMILES string of the molecule is CC(F)(F)c1cc(Cl)ccc1-c1sc2c(ccc3[nH]ncc32)c1Oc1ccc(NC2CN(CCCF)C2)cc1. The fourth-order valence-electron chi connectivity index (χ4n) is 5.01. The molecule has 39 heavy (non-hydrogen) atoms. The third-order valence-electron chi connectivity index (χ3n) is 6.94. The summed E-state index contributed by atoms with van der Waals surface area (Å²) in [5.74, 6) is -2.01. The predicted molar refractivity (Wildman–Crippen MR) is 152 cm³/mol. The Kier molecular flexibility index (Phi) is 6.91. The number of likely N-dealkylation sites (tertiary alicyclic amines) is 1. The smallest absolute Gasteiger partial charge is 0.271 e. The van der Waals surface area contributed by atoms with Gasteiger partial charge in [0.1, 0.15) is 5.75 Å². The lowest BCUT2D eigenvalue weighted by Gasteiger charge is -2.40. The standard InChI is InChI=1S/C29H26ClF3N4OS/c1-29(32,33)24-13-17(30)3-8-21(24)28-26(22-9-10-25-23(14-34-36-25)27(22)39-28)38-20-6-4-18(5-7-20)35-19-15-37(16-19)12-2-11-31/h3-10,13-14,19,35H,2,11-12,15-16H2,1H3,(H,34,36). The van der Waals surface area contributed by atoms with Crippen LogP contribution in [0, 0.1) is 0 Å². The molecule has 0 atom stereocenters. The number of hydrogen-bond donors (Lipinski definition) is 2. The van der Waals surface area contributed by atoms with Crippen LogP contribution in [0.15, 0.2) is 60.8 Å². The van der Waals surface area contributed by atoms with E-state index in [1.54, 1.807) is 18.3 Å². The summed E-state index contributed by atoms with van der Waals surface area (Å²) in [6, 6.07) is 16.3. The molecule has 6 rings (SSSR count). The number of thiophene rings is 1. The summed E-state index contributed by atoms with van der Waals surface area (Å²) < 4.78 is 49.2. The molecule has 5 aromatic rings. The highest BCUT2D eigenvalue weighted by Gasteiger charge is 2.31. The van der Waals surface area contributed by atoms with E-state index in [9.17, 15) is 13.2 Å². The first-order chi connectivity index (χ1) is 18.8. The first-order valence-electron chi connectivity index (χ1n) is 12.7. The van der Waals surface area contributed by atoms with Gasteiger partial charge in [-0.2, -0.15) is 5.10 Å². The number of aromatic nitrogens is 2. The van der Waals surface area contributed by atoms with Crippen LogP contribution in [0.2, 0.25) is 5.02 Å². The van der Waals surface area contributed by atoms with E-state index >= 15 is 0 Å².